The molecule has 0 radical (unpaired) electrons. The first-order valence-electron chi connectivity index (χ1n) is 6.71. The molecule has 0 N–H and O–H groups in total. The topological polar surface area (TPSA) is 26.3 Å². The van der Waals surface area contributed by atoms with E-state index in [-0.39, 0.29) is 11.9 Å². The van der Waals surface area contributed by atoms with Gasteiger partial charge >= 0.3 is 5.97 Å². The van der Waals surface area contributed by atoms with E-state index in [9.17, 15) is 4.79 Å². The lowest BCUT2D eigenvalue weighted by molar-refractivity contribution is -0.138. The number of rotatable bonds is 8. The van der Waals surface area contributed by atoms with Crippen LogP contribution in [0.4, 0.5) is 0 Å². The lowest BCUT2D eigenvalue weighted by Gasteiger charge is -2.11. The molecule has 0 amide bonds. The van der Waals surface area contributed by atoms with Crippen molar-refractivity contribution in [2.45, 2.75) is 39.0 Å². The molecule has 0 saturated heterocycles. The van der Waals surface area contributed by atoms with Crippen molar-refractivity contribution in [2.24, 2.45) is 5.92 Å². The molecule has 3 heteroatoms. The maximum atomic E-state index is 11.8. The van der Waals surface area contributed by atoms with Crippen LogP contribution in [0.2, 0.25) is 5.02 Å². The van der Waals surface area contributed by atoms with Gasteiger partial charge in [0.05, 0.1) is 5.92 Å². The summed E-state index contributed by atoms with van der Waals surface area (Å²) in [6.45, 7) is 5.60. The summed E-state index contributed by atoms with van der Waals surface area (Å²) in [7, 11) is 0. The van der Waals surface area contributed by atoms with Crippen LogP contribution >= 0.6 is 11.6 Å². The molecular formula is C16H21ClO2. The highest BCUT2D eigenvalue weighted by Gasteiger charge is 2.14. The van der Waals surface area contributed by atoms with Crippen molar-refractivity contribution in [1.29, 1.82) is 0 Å². The summed E-state index contributed by atoms with van der Waals surface area (Å²) < 4.78 is 5.30. The van der Waals surface area contributed by atoms with E-state index in [2.05, 4.69) is 6.58 Å². The Morgan fingerprint density at radius 3 is 2.63 bits per heavy atom. The number of carbonyl (C=O) groups is 1. The van der Waals surface area contributed by atoms with Gasteiger partial charge in [-0.25, -0.2) is 0 Å². The highest BCUT2D eigenvalue weighted by Crippen LogP contribution is 2.18. The average Bonchev–Trinajstić information content (AvgIpc) is 2.41. The van der Waals surface area contributed by atoms with Crippen molar-refractivity contribution in [3.05, 3.63) is 41.9 Å². The van der Waals surface area contributed by atoms with Crippen molar-refractivity contribution in [3.63, 3.8) is 0 Å². The standard InChI is InChI=1S/C16H21ClO2/c1-3-4-5-6-7-8-13(2)16(18)19-15-11-9-14(17)10-12-15/h3,9-13H,1,4-8H2,2H3. The van der Waals surface area contributed by atoms with Crippen LogP contribution in [0.1, 0.15) is 39.0 Å². The molecule has 1 aromatic rings. The number of allylic oxidation sites excluding steroid dienone is 1. The summed E-state index contributed by atoms with van der Waals surface area (Å²) in [4.78, 5) is 11.8. The summed E-state index contributed by atoms with van der Waals surface area (Å²) in [5.74, 6) is 0.304. The number of halogens is 1. The molecule has 104 valence electrons. The molecule has 2 nitrogen and oxygen atoms in total. The van der Waals surface area contributed by atoms with Gasteiger partial charge in [0.15, 0.2) is 0 Å². The molecule has 0 aromatic heterocycles. The molecule has 0 aliphatic heterocycles. The van der Waals surface area contributed by atoms with Crippen molar-refractivity contribution in [3.8, 4) is 5.75 Å². The molecule has 0 fully saturated rings. The van der Waals surface area contributed by atoms with Gasteiger partial charge in [-0.1, -0.05) is 37.4 Å². The van der Waals surface area contributed by atoms with E-state index in [0.717, 1.165) is 32.1 Å². The number of benzene rings is 1. The molecule has 0 aliphatic rings. The minimum absolute atomic E-state index is 0.0700. The molecule has 0 heterocycles. The van der Waals surface area contributed by atoms with Crippen molar-refractivity contribution < 1.29 is 9.53 Å². The minimum atomic E-state index is -0.175. The maximum Gasteiger partial charge on any atom is 0.314 e. The number of hydrogen-bond acceptors (Lipinski definition) is 2. The van der Waals surface area contributed by atoms with Gasteiger partial charge in [-0.2, -0.15) is 0 Å². The van der Waals surface area contributed by atoms with Gasteiger partial charge < -0.3 is 4.74 Å². The number of carbonyl (C=O) groups excluding carboxylic acids is 1. The van der Waals surface area contributed by atoms with Crippen LogP contribution < -0.4 is 4.74 Å². The fraction of sp³-hybridized carbons (Fsp3) is 0.438. The van der Waals surface area contributed by atoms with E-state index in [1.807, 2.05) is 13.0 Å². The molecule has 0 spiro atoms. The summed E-state index contributed by atoms with van der Waals surface area (Å²) in [5, 5.41) is 0.634. The molecule has 0 aliphatic carbocycles. The molecule has 1 rings (SSSR count). The highest BCUT2D eigenvalue weighted by atomic mass is 35.5. The van der Waals surface area contributed by atoms with E-state index in [0.29, 0.717) is 10.8 Å². The van der Waals surface area contributed by atoms with Crippen LogP contribution in [-0.2, 0) is 4.79 Å². The highest BCUT2D eigenvalue weighted by molar-refractivity contribution is 6.30. The predicted molar refractivity (Wildman–Crippen MR) is 79.5 cm³/mol. The second-order valence-corrected chi connectivity index (χ2v) is 5.14. The lowest BCUT2D eigenvalue weighted by atomic mass is 10.0. The fourth-order valence-electron chi connectivity index (χ4n) is 1.75. The fourth-order valence-corrected chi connectivity index (χ4v) is 1.88. The first-order valence-corrected chi connectivity index (χ1v) is 7.09. The Balaban J connectivity index is 2.28. The Morgan fingerprint density at radius 1 is 1.32 bits per heavy atom. The Morgan fingerprint density at radius 2 is 2.00 bits per heavy atom. The van der Waals surface area contributed by atoms with Crippen molar-refractivity contribution in [2.75, 3.05) is 0 Å². The Hall–Kier alpha value is -1.28. The van der Waals surface area contributed by atoms with Gasteiger partial charge in [-0.05, 0) is 43.5 Å². The van der Waals surface area contributed by atoms with Gasteiger partial charge in [-0.15, -0.1) is 6.58 Å². The monoisotopic (exact) mass is 280 g/mol. The zero-order valence-corrected chi connectivity index (χ0v) is 12.2. The minimum Gasteiger partial charge on any atom is -0.426 e. The first kappa shape index (κ1) is 15.8. The lowest BCUT2D eigenvalue weighted by Crippen LogP contribution is -2.17. The number of esters is 1. The maximum absolute atomic E-state index is 11.8. The molecule has 0 saturated carbocycles. The summed E-state index contributed by atoms with van der Waals surface area (Å²) in [6, 6.07) is 6.84. The number of ether oxygens (including phenoxy) is 1. The molecule has 19 heavy (non-hydrogen) atoms. The molecule has 0 bridgehead atoms. The van der Waals surface area contributed by atoms with E-state index < -0.39 is 0 Å². The second-order valence-electron chi connectivity index (χ2n) is 4.70. The van der Waals surface area contributed by atoms with Crippen LogP contribution in [0.25, 0.3) is 0 Å². The zero-order valence-electron chi connectivity index (χ0n) is 11.4. The summed E-state index contributed by atoms with van der Waals surface area (Å²) in [5.41, 5.74) is 0. The Bertz CT molecular complexity index is 398. The van der Waals surface area contributed by atoms with Gasteiger partial charge in [0.2, 0.25) is 0 Å². The third kappa shape index (κ3) is 6.44. The van der Waals surface area contributed by atoms with Crippen LogP contribution in [-0.4, -0.2) is 5.97 Å². The quantitative estimate of drug-likeness (QED) is 0.289. The summed E-state index contributed by atoms with van der Waals surface area (Å²) >= 11 is 5.77. The average molecular weight is 281 g/mol. The largest absolute Gasteiger partial charge is 0.426 e. The van der Waals surface area contributed by atoms with Gasteiger partial charge in [0.1, 0.15) is 5.75 Å². The van der Waals surface area contributed by atoms with Crippen LogP contribution in [0.3, 0.4) is 0 Å². The normalized spacial score (nSPS) is 11.9. The van der Waals surface area contributed by atoms with E-state index in [1.54, 1.807) is 24.3 Å². The SMILES string of the molecule is C=CCCCCCC(C)C(=O)Oc1ccc(Cl)cc1. The van der Waals surface area contributed by atoms with Crippen LogP contribution in [0.5, 0.6) is 5.75 Å². The number of hydrogen-bond donors (Lipinski definition) is 0. The van der Waals surface area contributed by atoms with Crippen LogP contribution in [0, 0.1) is 5.92 Å². The Kier molecular flexibility index (Phi) is 7.27. The van der Waals surface area contributed by atoms with Crippen molar-refractivity contribution in [1.82, 2.24) is 0 Å². The molecule has 1 unspecified atom stereocenters. The third-order valence-corrected chi connectivity index (χ3v) is 3.23. The van der Waals surface area contributed by atoms with Gasteiger partial charge in [-0.3, -0.25) is 4.79 Å². The first-order chi connectivity index (χ1) is 9.13. The molecule has 1 atom stereocenters. The summed E-state index contributed by atoms with van der Waals surface area (Å²) in [6.07, 6.45) is 7.16. The second kappa shape index (κ2) is 8.76. The van der Waals surface area contributed by atoms with E-state index >= 15 is 0 Å². The zero-order chi connectivity index (χ0) is 14.1. The van der Waals surface area contributed by atoms with E-state index in [4.69, 9.17) is 16.3 Å². The molecule has 1 aromatic carbocycles. The van der Waals surface area contributed by atoms with Crippen molar-refractivity contribution >= 4 is 17.6 Å². The van der Waals surface area contributed by atoms with E-state index in [1.165, 1.54) is 0 Å². The predicted octanol–water partition coefficient (Wildman–Crippen LogP) is 5.02. The van der Waals surface area contributed by atoms with Gasteiger partial charge in [0, 0.05) is 5.02 Å². The number of unbranched alkanes of at least 4 members (excludes halogenated alkanes) is 3. The Labute approximate surface area is 120 Å². The van der Waals surface area contributed by atoms with Gasteiger partial charge in [0.25, 0.3) is 0 Å². The molecular weight excluding hydrogens is 260 g/mol. The van der Waals surface area contributed by atoms with Crippen LogP contribution in [0.15, 0.2) is 36.9 Å². The smallest absolute Gasteiger partial charge is 0.314 e. The third-order valence-electron chi connectivity index (χ3n) is 2.98.